The highest BCUT2D eigenvalue weighted by atomic mass is 35.5. The van der Waals surface area contributed by atoms with E-state index in [1.807, 2.05) is 43.3 Å². The van der Waals surface area contributed by atoms with E-state index in [2.05, 4.69) is 15.5 Å². The van der Waals surface area contributed by atoms with Crippen LogP contribution in [0.15, 0.2) is 71.9 Å². The molecule has 1 N–H and O–H groups in total. The third-order valence-electron chi connectivity index (χ3n) is 4.60. The number of amides is 1. The minimum atomic E-state index is -0.762. The van der Waals surface area contributed by atoms with Crippen LogP contribution < -0.4 is 5.32 Å². The lowest BCUT2D eigenvalue weighted by Crippen LogP contribution is -2.14. The summed E-state index contributed by atoms with van der Waals surface area (Å²) in [5, 5.41) is 12.0. The van der Waals surface area contributed by atoms with Crippen LogP contribution in [-0.2, 0) is 4.79 Å². The zero-order chi connectivity index (χ0) is 22.7. The van der Waals surface area contributed by atoms with Gasteiger partial charge in [-0.3, -0.25) is 9.36 Å². The Hall–Kier alpha value is -3.23. The van der Waals surface area contributed by atoms with Crippen molar-refractivity contribution in [1.29, 1.82) is 0 Å². The van der Waals surface area contributed by atoms with Crippen molar-refractivity contribution in [3.63, 3.8) is 0 Å². The number of carbonyl (C=O) groups excluding carboxylic acids is 1. The largest absolute Gasteiger partial charge is 0.325 e. The van der Waals surface area contributed by atoms with E-state index >= 15 is 0 Å². The smallest absolute Gasteiger partial charge is 0.234 e. The topological polar surface area (TPSA) is 59.8 Å². The molecule has 9 heteroatoms. The molecule has 1 amide bonds. The highest BCUT2D eigenvalue weighted by molar-refractivity contribution is 7.99. The number of halogens is 3. The van der Waals surface area contributed by atoms with Crippen molar-refractivity contribution in [2.45, 2.75) is 12.1 Å². The fraction of sp³-hybridized carbons (Fsp3) is 0.0870. The van der Waals surface area contributed by atoms with Gasteiger partial charge in [0.15, 0.2) is 11.0 Å². The van der Waals surface area contributed by atoms with E-state index < -0.39 is 11.6 Å². The van der Waals surface area contributed by atoms with Gasteiger partial charge in [-0.2, -0.15) is 0 Å². The van der Waals surface area contributed by atoms with Crippen molar-refractivity contribution in [2.24, 2.45) is 0 Å². The summed E-state index contributed by atoms with van der Waals surface area (Å²) in [6.45, 7) is 1.87. The van der Waals surface area contributed by atoms with E-state index in [0.717, 1.165) is 29.5 Å². The number of aryl methyl sites for hydroxylation is 1. The fourth-order valence-electron chi connectivity index (χ4n) is 3.02. The molecule has 0 unspecified atom stereocenters. The van der Waals surface area contributed by atoms with Crippen LogP contribution in [0.1, 0.15) is 5.56 Å². The molecule has 0 spiro atoms. The second kappa shape index (κ2) is 9.50. The molecule has 0 saturated carbocycles. The monoisotopic (exact) mass is 470 g/mol. The van der Waals surface area contributed by atoms with Crippen molar-refractivity contribution in [3.05, 3.63) is 89.0 Å². The first-order chi connectivity index (χ1) is 15.4. The average Bonchev–Trinajstić information content (AvgIpc) is 3.19. The lowest BCUT2D eigenvalue weighted by molar-refractivity contribution is -0.113. The van der Waals surface area contributed by atoms with Gasteiger partial charge in [-0.05, 0) is 36.8 Å². The molecule has 0 saturated heterocycles. The molecule has 0 radical (unpaired) electrons. The van der Waals surface area contributed by atoms with Crippen molar-refractivity contribution in [3.8, 4) is 17.1 Å². The second-order valence-corrected chi connectivity index (χ2v) is 8.25. The van der Waals surface area contributed by atoms with Gasteiger partial charge in [0, 0.05) is 22.3 Å². The molecule has 0 aliphatic heterocycles. The van der Waals surface area contributed by atoms with Gasteiger partial charge >= 0.3 is 0 Å². The lowest BCUT2D eigenvalue weighted by atomic mass is 10.2. The number of rotatable bonds is 6. The maximum atomic E-state index is 14.6. The van der Waals surface area contributed by atoms with E-state index in [0.29, 0.717) is 27.3 Å². The average molecular weight is 471 g/mol. The van der Waals surface area contributed by atoms with E-state index in [9.17, 15) is 13.6 Å². The lowest BCUT2D eigenvalue weighted by Gasteiger charge is -2.12. The van der Waals surface area contributed by atoms with E-state index in [4.69, 9.17) is 11.6 Å². The molecule has 162 valence electrons. The van der Waals surface area contributed by atoms with Crippen LogP contribution in [0.3, 0.4) is 0 Å². The minimum Gasteiger partial charge on any atom is -0.325 e. The van der Waals surface area contributed by atoms with Gasteiger partial charge in [-0.15, -0.1) is 10.2 Å². The molecule has 0 fully saturated rings. The van der Waals surface area contributed by atoms with Crippen molar-refractivity contribution in [2.75, 3.05) is 11.1 Å². The molecule has 0 bridgehead atoms. The van der Waals surface area contributed by atoms with Crippen LogP contribution in [-0.4, -0.2) is 26.4 Å². The Kier molecular flexibility index (Phi) is 6.53. The number of aromatic nitrogens is 3. The summed E-state index contributed by atoms with van der Waals surface area (Å²) in [5.41, 5.74) is 2.27. The van der Waals surface area contributed by atoms with Gasteiger partial charge in [0.2, 0.25) is 5.91 Å². The molecule has 3 aromatic carbocycles. The number of benzene rings is 3. The van der Waals surface area contributed by atoms with Gasteiger partial charge in [0.05, 0.1) is 11.4 Å². The van der Waals surface area contributed by atoms with Crippen LogP contribution >= 0.6 is 23.4 Å². The Morgan fingerprint density at radius 1 is 1.06 bits per heavy atom. The summed E-state index contributed by atoms with van der Waals surface area (Å²) in [6.07, 6.45) is 0. The Morgan fingerprint density at radius 3 is 2.56 bits per heavy atom. The van der Waals surface area contributed by atoms with E-state index in [-0.39, 0.29) is 17.3 Å². The highest BCUT2D eigenvalue weighted by Crippen LogP contribution is 2.29. The third kappa shape index (κ3) is 4.81. The maximum Gasteiger partial charge on any atom is 0.234 e. The van der Waals surface area contributed by atoms with E-state index in [1.54, 1.807) is 12.1 Å². The molecule has 1 aromatic heterocycles. The summed E-state index contributed by atoms with van der Waals surface area (Å²) >= 11 is 7.19. The molecular weight excluding hydrogens is 454 g/mol. The van der Waals surface area contributed by atoms with Crippen LogP contribution in [0, 0.1) is 18.6 Å². The van der Waals surface area contributed by atoms with Gasteiger partial charge in [-0.25, -0.2) is 8.78 Å². The maximum absolute atomic E-state index is 14.6. The second-order valence-electron chi connectivity index (χ2n) is 6.90. The first-order valence-corrected chi connectivity index (χ1v) is 10.9. The Bertz CT molecular complexity index is 1280. The molecule has 0 aliphatic rings. The molecule has 0 atom stereocenters. The number of thioether (sulfide) groups is 1. The molecule has 0 aliphatic carbocycles. The third-order valence-corrected chi connectivity index (χ3v) is 5.94. The first-order valence-electron chi connectivity index (χ1n) is 9.57. The predicted molar refractivity (Wildman–Crippen MR) is 122 cm³/mol. The number of nitrogens with zero attached hydrogens (tertiary/aromatic N) is 3. The summed E-state index contributed by atoms with van der Waals surface area (Å²) in [7, 11) is 0. The number of hydrogen-bond acceptors (Lipinski definition) is 4. The number of hydrogen-bond donors (Lipinski definition) is 1. The quantitative estimate of drug-likeness (QED) is 0.356. The van der Waals surface area contributed by atoms with Crippen LogP contribution in [0.2, 0.25) is 5.02 Å². The van der Waals surface area contributed by atoms with Gasteiger partial charge in [0.25, 0.3) is 0 Å². The predicted octanol–water partition coefficient (Wildman–Crippen LogP) is 5.91. The molecule has 1 heterocycles. The number of anilines is 1. The van der Waals surface area contributed by atoms with Crippen molar-refractivity contribution < 1.29 is 13.6 Å². The highest BCUT2D eigenvalue weighted by Gasteiger charge is 2.20. The Balaban J connectivity index is 1.61. The van der Waals surface area contributed by atoms with Crippen molar-refractivity contribution >= 4 is 35.0 Å². The van der Waals surface area contributed by atoms with Crippen LogP contribution in [0.4, 0.5) is 14.5 Å². The molecule has 32 heavy (non-hydrogen) atoms. The van der Waals surface area contributed by atoms with Crippen LogP contribution in [0.5, 0.6) is 0 Å². The van der Waals surface area contributed by atoms with Gasteiger partial charge in [-0.1, -0.05) is 59.8 Å². The number of carbonyl (C=O) groups is 1. The van der Waals surface area contributed by atoms with E-state index in [1.165, 1.54) is 10.6 Å². The summed E-state index contributed by atoms with van der Waals surface area (Å²) in [5.74, 6) is -1.36. The fourth-order valence-corrected chi connectivity index (χ4v) is 3.94. The zero-order valence-electron chi connectivity index (χ0n) is 16.8. The first kappa shape index (κ1) is 22.0. The zero-order valence-corrected chi connectivity index (χ0v) is 18.4. The summed E-state index contributed by atoms with van der Waals surface area (Å²) in [4.78, 5) is 12.5. The standard InChI is InChI=1S/C23H17ClF2N4OS/c1-14-7-9-17(12-18(14)24)27-21(31)13-32-23-29-28-22(15-5-3-2-4-6-15)30(23)20-10-8-16(25)11-19(20)26/h2-12H,13H2,1H3,(H,27,31). The molecule has 4 aromatic rings. The normalized spacial score (nSPS) is 10.9. The SMILES string of the molecule is Cc1ccc(NC(=O)CSc2nnc(-c3ccccc3)n2-c2ccc(F)cc2F)cc1Cl. The Labute approximate surface area is 192 Å². The van der Waals surface area contributed by atoms with Crippen LogP contribution in [0.25, 0.3) is 17.1 Å². The Morgan fingerprint density at radius 2 is 1.84 bits per heavy atom. The van der Waals surface area contributed by atoms with Gasteiger partial charge < -0.3 is 5.32 Å². The minimum absolute atomic E-state index is 0.00122. The molecular formula is C23H17ClF2N4OS. The number of nitrogens with one attached hydrogen (secondary N) is 1. The summed E-state index contributed by atoms with van der Waals surface area (Å²) < 4.78 is 29.6. The van der Waals surface area contributed by atoms with Gasteiger partial charge in [0.1, 0.15) is 11.6 Å². The summed E-state index contributed by atoms with van der Waals surface area (Å²) in [6, 6.07) is 17.6. The van der Waals surface area contributed by atoms with Crippen molar-refractivity contribution in [1.82, 2.24) is 14.8 Å². The molecule has 5 nitrogen and oxygen atoms in total. The molecule has 4 rings (SSSR count).